The first kappa shape index (κ1) is 19.4. The van der Waals surface area contributed by atoms with Gasteiger partial charge in [0.15, 0.2) is 5.78 Å². The molecule has 2 aliphatic carbocycles. The van der Waals surface area contributed by atoms with Gasteiger partial charge in [0.2, 0.25) is 5.95 Å². The predicted molar refractivity (Wildman–Crippen MR) is 117 cm³/mol. The molecule has 0 spiro atoms. The van der Waals surface area contributed by atoms with Gasteiger partial charge < -0.3 is 5.32 Å². The lowest BCUT2D eigenvalue weighted by molar-refractivity contribution is 0.0966. The molecule has 2 fully saturated rings. The molecule has 2 saturated carbocycles. The molecule has 156 valence electrons. The van der Waals surface area contributed by atoms with Crippen LogP contribution < -0.4 is 5.32 Å². The SMILES string of the molecule is Cc1cnc(Nc2cnn(C3CC3)c2)nc1-c1ccc(C(=O)C[C@H](C#N)C2CC2)cc1. The number of nitriles is 1. The number of benzene rings is 1. The summed E-state index contributed by atoms with van der Waals surface area (Å²) in [4.78, 5) is 21.7. The van der Waals surface area contributed by atoms with Crippen LogP contribution >= 0.6 is 0 Å². The van der Waals surface area contributed by atoms with E-state index in [0.717, 1.165) is 35.3 Å². The van der Waals surface area contributed by atoms with E-state index >= 15 is 0 Å². The van der Waals surface area contributed by atoms with E-state index in [1.807, 2.05) is 42.1 Å². The fourth-order valence-electron chi connectivity index (χ4n) is 3.81. The zero-order chi connectivity index (χ0) is 21.4. The number of carbonyl (C=O) groups is 1. The number of nitrogens with one attached hydrogen (secondary N) is 1. The topological polar surface area (TPSA) is 96.5 Å². The van der Waals surface area contributed by atoms with E-state index in [1.54, 1.807) is 12.4 Å². The van der Waals surface area contributed by atoms with Crippen molar-refractivity contribution in [2.45, 2.75) is 45.1 Å². The second kappa shape index (κ2) is 7.95. The Morgan fingerprint density at radius 3 is 2.68 bits per heavy atom. The first-order valence-corrected chi connectivity index (χ1v) is 10.8. The van der Waals surface area contributed by atoms with Crippen molar-refractivity contribution in [1.29, 1.82) is 5.26 Å². The standard InChI is InChI=1S/C24H24N6O/c1-15-12-26-24(28-20-13-27-30(14-20)21-8-9-21)29-23(15)18-6-4-17(5-7-18)22(31)10-19(11-25)16-2-3-16/h4-7,12-14,16,19,21H,2-3,8-10H2,1H3,(H,26,28,29)/t19-/m1/s1. The van der Waals surface area contributed by atoms with Crippen molar-refractivity contribution >= 4 is 17.4 Å². The second-order valence-corrected chi connectivity index (χ2v) is 8.57. The van der Waals surface area contributed by atoms with Gasteiger partial charge in [-0.15, -0.1) is 0 Å². The highest BCUT2D eigenvalue weighted by Crippen LogP contribution is 2.38. The van der Waals surface area contributed by atoms with Gasteiger partial charge in [0.25, 0.3) is 0 Å². The van der Waals surface area contributed by atoms with Gasteiger partial charge in [0.05, 0.1) is 35.6 Å². The highest BCUT2D eigenvalue weighted by atomic mass is 16.1. The quantitative estimate of drug-likeness (QED) is 0.531. The van der Waals surface area contributed by atoms with Gasteiger partial charge in [0, 0.05) is 29.9 Å². The summed E-state index contributed by atoms with van der Waals surface area (Å²) < 4.78 is 1.98. The number of aryl methyl sites for hydroxylation is 1. The third-order valence-corrected chi connectivity index (χ3v) is 5.99. The number of aromatic nitrogens is 4. The molecule has 3 aromatic rings. The number of hydrogen-bond acceptors (Lipinski definition) is 6. The number of anilines is 2. The lowest BCUT2D eigenvalue weighted by atomic mass is 9.94. The van der Waals surface area contributed by atoms with Crippen molar-refractivity contribution in [3.8, 4) is 17.3 Å². The summed E-state index contributed by atoms with van der Waals surface area (Å²) in [7, 11) is 0. The summed E-state index contributed by atoms with van der Waals surface area (Å²) in [5.74, 6) is 0.783. The van der Waals surface area contributed by atoms with E-state index in [-0.39, 0.29) is 11.7 Å². The van der Waals surface area contributed by atoms with Crippen molar-refractivity contribution in [2.24, 2.45) is 11.8 Å². The largest absolute Gasteiger partial charge is 0.321 e. The molecule has 31 heavy (non-hydrogen) atoms. The molecular formula is C24H24N6O. The summed E-state index contributed by atoms with van der Waals surface area (Å²) in [5, 5.41) is 16.9. The van der Waals surface area contributed by atoms with Crippen LogP contribution in [0.4, 0.5) is 11.6 Å². The molecule has 0 unspecified atom stereocenters. The first-order chi connectivity index (χ1) is 15.1. The normalized spacial score (nSPS) is 16.5. The molecular weight excluding hydrogens is 388 g/mol. The predicted octanol–water partition coefficient (Wildman–Crippen LogP) is 4.85. The van der Waals surface area contributed by atoms with Gasteiger partial charge in [-0.1, -0.05) is 24.3 Å². The molecule has 7 heteroatoms. The minimum atomic E-state index is -0.158. The Hall–Kier alpha value is -3.53. The Morgan fingerprint density at radius 1 is 1.23 bits per heavy atom. The molecule has 5 rings (SSSR count). The van der Waals surface area contributed by atoms with E-state index in [0.29, 0.717) is 29.9 Å². The van der Waals surface area contributed by atoms with Crippen molar-refractivity contribution in [2.75, 3.05) is 5.32 Å². The minimum absolute atomic E-state index is 0.0273. The molecule has 0 amide bonds. The van der Waals surface area contributed by atoms with Crippen LogP contribution in [0.3, 0.4) is 0 Å². The molecule has 2 aromatic heterocycles. The molecule has 2 heterocycles. The van der Waals surface area contributed by atoms with Gasteiger partial charge in [-0.25, -0.2) is 9.97 Å². The van der Waals surface area contributed by atoms with Crippen molar-refractivity contribution in [1.82, 2.24) is 19.7 Å². The molecule has 1 aromatic carbocycles. The molecule has 1 N–H and O–H groups in total. The van der Waals surface area contributed by atoms with Gasteiger partial charge in [-0.3, -0.25) is 9.48 Å². The van der Waals surface area contributed by atoms with Gasteiger partial charge in [-0.2, -0.15) is 10.4 Å². The molecule has 0 saturated heterocycles. The van der Waals surface area contributed by atoms with Gasteiger partial charge in [0.1, 0.15) is 0 Å². The van der Waals surface area contributed by atoms with Crippen LogP contribution in [0.5, 0.6) is 0 Å². The maximum atomic E-state index is 12.6. The van der Waals surface area contributed by atoms with Gasteiger partial charge in [-0.05, 0) is 44.1 Å². The highest BCUT2D eigenvalue weighted by Gasteiger charge is 2.32. The Bertz CT molecular complexity index is 1150. The van der Waals surface area contributed by atoms with Gasteiger partial charge >= 0.3 is 0 Å². The van der Waals surface area contributed by atoms with Crippen LogP contribution in [-0.2, 0) is 0 Å². The molecule has 2 aliphatic rings. The van der Waals surface area contributed by atoms with E-state index in [2.05, 4.69) is 26.5 Å². The van der Waals surface area contributed by atoms with Crippen molar-refractivity contribution in [3.05, 3.63) is 54.0 Å². The summed E-state index contributed by atoms with van der Waals surface area (Å²) in [6.45, 7) is 1.97. The first-order valence-electron chi connectivity index (χ1n) is 10.8. The Balaban J connectivity index is 1.31. The Labute approximate surface area is 181 Å². The third kappa shape index (κ3) is 4.33. The number of ketones is 1. The highest BCUT2D eigenvalue weighted by molar-refractivity contribution is 5.96. The molecule has 0 bridgehead atoms. The van der Waals surface area contributed by atoms with Crippen molar-refractivity contribution < 1.29 is 4.79 Å². The van der Waals surface area contributed by atoms with E-state index < -0.39 is 0 Å². The number of Topliss-reactive ketones (excluding diaryl/α,β-unsaturated/α-hetero) is 1. The lowest BCUT2D eigenvalue weighted by Crippen LogP contribution is -2.09. The van der Waals surface area contributed by atoms with Crippen LogP contribution in [0.2, 0.25) is 0 Å². The Morgan fingerprint density at radius 2 is 2.00 bits per heavy atom. The van der Waals surface area contributed by atoms with Crippen LogP contribution in [0.25, 0.3) is 11.3 Å². The monoisotopic (exact) mass is 412 g/mol. The fraction of sp³-hybridized carbons (Fsp3) is 0.375. The minimum Gasteiger partial charge on any atom is -0.321 e. The fourth-order valence-corrected chi connectivity index (χ4v) is 3.81. The third-order valence-electron chi connectivity index (χ3n) is 5.99. The summed E-state index contributed by atoms with van der Waals surface area (Å²) >= 11 is 0. The lowest BCUT2D eigenvalue weighted by Gasteiger charge is -2.10. The number of carbonyl (C=O) groups excluding carboxylic acids is 1. The van der Waals surface area contributed by atoms with Crippen LogP contribution in [0.1, 0.15) is 54.1 Å². The Kier molecular flexibility index (Phi) is 4.99. The van der Waals surface area contributed by atoms with E-state index in [9.17, 15) is 10.1 Å². The maximum absolute atomic E-state index is 12.6. The molecule has 1 atom stereocenters. The number of hydrogen-bond donors (Lipinski definition) is 1. The number of nitrogens with zero attached hydrogens (tertiary/aromatic N) is 5. The molecule has 7 nitrogen and oxygen atoms in total. The van der Waals surface area contributed by atoms with Crippen LogP contribution in [0.15, 0.2) is 42.9 Å². The average Bonchev–Trinajstić information content (AvgIpc) is 3.72. The van der Waals surface area contributed by atoms with E-state index in [1.165, 1.54) is 12.8 Å². The summed E-state index contributed by atoms with van der Waals surface area (Å²) in [6, 6.07) is 10.3. The zero-order valence-electron chi connectivity index (χ0n) is 17.5. The molecule has 0 radical (unpaired) electrons. The zero-order valence-corrected chi connectivity index (χ0v) is 17.5. The van der Waals surface area contributed by atoms with Crippen LogP contribution in [-0.4, -0.2) is 25.5 Å². The number of rotatable bonds is 8. The van der Waals surface area contributed by atoms with Crippen molar-refractivity contribution in [3.63, 3.8) is 0 Å². The van der Waals surface area contributed by atoms with E-state index in [4.69, 9.17) is 0 Å². The van der Waals surface area contributed by atoms with Crippen LogP contribution in [0, 0.1) is 30.1 Å². The summed E-state index contributed by atoms with van der Waals surface area (Å²) in [6.07, 6.45) is 10.4. The second-order valence-electron chi connectivity index (χ2n) is 8.57. The maximum Gasteiger partial charge on any atom is 0.227 e. The summed E-state index contributed by atoms with van der Waals surface area (Å²) in [5.41, 5.74) is 4.20. The smallest absolute Gasteiger partial charge is 0.227 e. The molecule has 0 aliphatic heterocycles. The average molecular weight is 412 g/mol.